The van der Waals surface area contributed by atoms with E-state index in [-0.39, 0.29) is 60.7 Å². The van der Waals surface area contributed by atoms with Crippen LogP contribution in [0.3, 0.4) is 0 Å². The minimum atomic E-state index is -1.40. The summed E-state index contributed by atoms with van der Waals surface area (Å²) in [6, 6.07) is 4.75. The van der Waals surface area contributed by atoms with E-state index < -0.39 is 53.5 Å². The van der Waals surface area contributed by atoms with Crippen LogP contribution in [0.5, 0.6) is 0 Å². The molecule has 2 heterocycles. The van der Waals surface area contributed by atoms with Crippen LogP contribution >= 0.6 is 0 Å². The van der Waals surface area contributed by atoms with E-state index in [1.165, 1.54) is 18.3 Å². The summed E-state index contributed by atoms with van der Waals surface area (Å²) in [6.07, 6.45) is 1.30. The number of carbonyl (C=O) groups excluding carboxylic acids is 4. The number of carboxylic acid groups (broad SMARTS) is 2. The molecular formula is C28H31N9O9. The second-order valence-corrected chi connectivity index (χ2v) is 9.78. The molecule has 1 atom stereocenters. The normalized spacial score (nSPS) is 11.7. The number of aromatic amines is 1. The molecule has 0 unspecified atom stereocenters. The van der Waals surface area contributed by atoms with Crippen LogP contribution in [0, 0.1) is 0 Å². The molecule has 0 spiro atoms. The number of hydrogen-bond donors (Lipinski definition) is 8. The van der Waals surface area contributed by atoms with Gasteiger partial charge in [-0.1, -0.05) is 0 Å². The molecular weight excluding hydrogens is 606 g/mol. The lowest BCUT2D eigenvalue weighted by Crippen LogP contribution is -2.42. The zero-order valence-corrected chi connectivity index (χ0v) is 24.5. The predicted molar refractivity (Wildman–Crippen MR) is 161 cm³/mol. The lowest BCUT2D eigenvalue weighted by atomic mass is 10.1. The van der Waals surface area contributed by atoms with Crippen molar-refractivity contribution in [1.82, 2.24) is 35.9 Å². The minimum Gasteiger partial charge on any atom is -0.480 e. The fourth-order valence-corrected chi connectivity index (χ4v) is 3.92. The average Bonchev–Trinajstić information content (AvgIpc) is 2.99. The Morgan fingerprint density at radius 3 is 2.30 bits per heavy atom. The first kappa shape index (κ1) is 34.3. The Morgan fingerprint density at radius 1 is 1.00 bits per heavy atom. The average molecular weight is 638 g/mol. The summed E-state index contributed by atoms with van der Waals surface area (Å²) in [5.41, 5.74) is 5.95. The number of rotatable bonds is 16. The minimum absolute atomic E-state index is 0.0219. The number of anilines is 2. The van der Waals surface area contributed by atoms with Crippen LogP contribution in [0.4, 0.5) is 11.6 Å². The lowest BCUT2D eigenvalue weighted by Gasteiger charge is -2.15. The number of benzene rings is 1. The first-order valence-electron chi connectivity index (χ1n) is 13.7. The monoisotopic (exact) mass is 637 g/mol. The highest BCUT2D eigenvalue weighted by atomic mass is 16.4. The van der Waals surface area contributed by atoms with Gasteiger partial charge in [0, 0.05) is 36.3 Å². The fraction of sp³-hybridized carbons (Fsp3) is 0.286. The van der Waals surface area contributed by atoms with Crippen molar-refractivity contribution in [2.75, 3.05) is 24.1 Å². The van der Waals surface area contributed by atoms with Crippen molar-refractivity contribution in [2.24, 2.45) is 0 Å². The van der Waals surface area contributed by atoms with Gasteiger partial charge in [0.1, 0.15) is 6.04 Å². The van der Waals surface area contributed by atoms with Crippen molar-refractivity contribution in [3.63, 3.8) is 0 Å². The Balaban J connectivity index is 1.43. The van der Waals surface area contributed by atoms with Crippen LogP contribution in [0.2, 0.25) is 0 Å². The quantitative estimate of drug-likeness (QED) is 0.0697. The number of carbonyl (C=O) groups is 6. The summed E-state index contributed by atoms with van der Waals surface area (Å²) < 4.78 is 0. The largest absolute Gasteiger partial charge is 0.480 e. The van der Waals surface area contributed by atoms with Gasteiger partial charge >= 0.3 is 11.9 Å². The van der Waals surface area contributed by atoms with Crippen LogP contribution < -0.4 is 32.6 Å². The molecule has 18 heteroatoms. The molecule has 0 aliphatic heterocycles. The summed E-state index contributed by atoms with van der Waals surface area (Å²) in [5, 5.41) is 28.9. The molecule has 0 aliphatic rings. The van der Waals surface area contributed by atoms with Crippen LogP contribution in [-0.4, -0.2) is 84.7 Å². The third-order valence-electron chi connectivity index (χ3n) is 6.14. The van der Waals surface area contributed by atoms with Crippen LogP contribution in [0.25, 0.3) is 11.2 Å². The van der Waals surface area contributed by atoms with Gasteiger partial charge in [-0.3, -0.25) is 29.0 Å². The highest BCUT2D eigenvalue weighted by Crippen LogP contribution is 2.12. The number of nitrogens with two attached hydrogens (primary N) is 1. The first-order chi connectivity index (χ1) is 21.8. The van der Waals surface area contributed by atoms with Gasteiger partial charge in [-0.05, 0) is 43.7 Å². The number of aromatic nitrogens is 4. The molecule has 3 rings (SSSR count). The highest BCUT2D eigenvalue weighted by molar-refractivity contribution is 6.01. The van der Waals surface area contributed by atoms with Crippen molar-refractivity contribution in [3.05, 3.63) is 63.7 Å². The molecule has 0 aliphatic carbocycles. The number of H-pyrrole nitrogens is 1. The van der Waals surface area contributed by atoms with Gasteiger partial charge in [-0.2, -0.15) is 4.98 Å². The third kappa shape index (κ3) is 10.5. The van der Waals surface area contributed by atoms with Gasteiger partial charge in [0.2, 0.25) is 17.8 Å². The Kier molecular flexibility index (Phi) is 12.0. The number of ketones is 1. The van der Waals surface area contributed by atoms with E-state index in [2.05, 4.69) is 41.2 Å². The molecule has 9 N–H and O–H groups in total. The molecule has 18 nitrogen and oxygen atoms in total. The summed E-state index contributed by atoms with van der Waals surface area (Å²) >= 11 is 0. The van der Waals surface area contributed by atoms with Crippen molar-refractivity contribution in [2.45, 2.75) is 38.8 Å². The SMILES string of the molecule is CC(=O)/C=C(/CC(=O)NCCNC(=O)CC[C@H](NC(=O)c1ccc(NCc2cnc3nc(N)[nH]c(=O)c3n2)cc1)C(=O)O)C(=O)O. The number of nitrogen functional groups attached to an aromatic ring is 1. The van der Waals surface area contributed by atoms with Crippen molar-refractivity contribution < 1.29 is 39.0 Å². The molecule has 46 heavy (non-hydrogen) atoms. The van der Waals surface area contributed by atoms with Crippen molar-refractivity contribution >= 4 is 58.2 Å². The maximum atomic E-state index is 12.7. The van der Waals surface area contributed by atoms with Crippen molar-refractivity contribution in [3.8, 4) is 0 Å². The second kappa shape index (κ2) is 16.0. The zero-order valence-electron chi connectivity index (χ0n) is 24.5. The topological polar surface area (TPSA) is 289 Å². The van der Waals surface area contributed by atoms with Crippen LogP contribution in [0.1, 0.15) is 42.2 Å². The molecule has 2 aromatic heterocycles. The molecule has 0 radical (unpaired) electrons. The molecule has 3 aromatic rings. The number of hydrogen-bond acceptors (Lipinski definition) is 12. The number of aliphatic carboxylic acids is 2. The highest BCUT2D eigenvalue weighted by Gasteiger charge is 2.22. The van der Waals surface area contributed by atoms with Crippen LogP contribution in [-0.2, 0) is 30.5 Å². The number of amides is 3. The van der Waals surface area contributed by atoms with Gasteiger partial charge in [-0.15, -0.1) is 0 Å². The second-order valence-electron chi connectivity index (χ2n) is 9.78. The molecule has 242 valence electrons. The zero-order chi connectivity index (χ0) is 33.8. The number of nitrogens with zero attached hydrogens (tertiary/aromatic N) is 3. The van der Waals surface area contributed by atoms with Gasteiger partial charge in [-0.25, -0.2) is 19.6 Å². The Morgan fingerprint density at radius 2 is 1.67 bits per heavy atom. The summed E-state index contributed by atoms with van der Waals surface area (Å²) in [7, 11) is 0. The number of allylic oxidation sites excluding steroid dienone is 1. The van der Waals surface area contributed by atoms with Gasteiger partial charge in [0.05, 0.1) is 24.9 Å². The van der Waals surface area contributed by atoms with E-state index >= 15 is 0 Å². The molecule has 0 fully saturated rings. The maximum Gasteiger partial charge on any atom is 0.332 e. The number of fused-ring (bicyclic) bond motifs is 1. The maximum absolute atomic E-state index is 12.7. The molecule has 0 bridgehead atoms. The summed E-state index contributed by atoms with van der Waals surface area (Å²) in [4.78, 5) is 97.2. The third-order valence-corrected chi connectivity index (χ3v) is 6.14. The standard InChI is InChI=1S/C28H31N9O9/c1-14(38)10-16(26(43)44)11-21(40)31-9-8-30-20(39)7-6-19(27(45)46)35-24(41)15-2-4-17(5-3-15)32-12-18-13-33-23-22(34-18)25(42)37-28(29)36-23/h2-5,10,13,19,32H,6-9,11-12H2,1H3,(H,30,39)(H,31,40)(H,35,41)(H,43,44)(H,45,46)(H3,29,33,36,37,42)/b16-10-/t19-/m0/s1. The van der Waals surface area contributed by atoms with E-state index in [1.54, 1.807) is 12.1 Å². The number of nitrogens with one attached hydrogen (secondary N) is 5. The molecule has 3 amide bonds. The molecule has 0 saturated carbocycles. The Labute approximate surface area is 259 Å². The van der Waals surface area contributed by atoms with Crippen molar-refractivity contribution in [1.29, 1.82) is 0 Å². The predicted octanol–water partition coefficient (Wildman–Crippen LogP) is -0.907. The van der Waals surface area contributed by atoms with E-state index in [4.69, 9.17) is 10.8 Å². The van der Waals surface area contributed by atoms with E-state index in [1.807, 2.05) is 0 Å². The van der Waals surface area contributed by atoms with E-state index in [0.29, 0.717) is 11.4 Å². The lowest BCUT2D eigenvalue weighted by molar-refractivity contribution is -0.139. The van der Waals surface area contributed by atoms with Gasteiger partial charge < -0.3 is 37.2 Å². The van der Waals surface area contributed by atoms with E-state index in [9.17, 15) is 38.7 Å². The van der Waals surface area contributed by atoms with E-state index in [0.717, 1.165) is 13.0 Å². The fourth-order valence-electron chi connectivity index (χ4n) is 3.92. The summed E-state index contributed by atoms with van der Waals surface area (Å²) in [6.45, 7) is 1.29. The van der Waals surface area contributed by atoms with Gasteiger partial charge in [0.25, 0.3) is 11.5 Å². The smallest absolute Gasteiger partial charge is 0.332 e. The van der Waals surface area contributed by atoms with Gasteiger partial charge in [0.15, 0.2) is 16.9 Å². The Bertz CT molecular complexity index is 1740. The number of carboxylic acids is 2. The summed E-state index contributed by atoms with van der Waals surface area (Å²) in [5.74, 6) is -5.20. The Hall–Kier alpha value is -6.20. The molecule has 1 aromatic carbocycles. The first-order valence-corrected chi connectivity index (χ1v) is 13.7. The van der Waals surface area contributed by atoms with Crippen LogP contribution in [0.15, 0.2) is 46.9 Å². The molecule has 0 saturated heterocycles.